The Hall–Kier alpha value is -4.03. The summed E-state index contributed by atoms with van der Waals surface area (Å²) in [6.07, 6.45) is -0.926. The molecule has 0 amide bonds. The fourth-order valence-electron chi connectivity index (χ4n) is 4.18. The Balaban J connectivity index is 1.87. The molecule has 0 aliphatic carbocycles. The van der Waals surface area contributed by atoms with Crippen LogP contribution < -0.4 is 0 Å². The Morgan fingerprint density at radius 2 is 1.63 bits per heavy atom. The van der Waals surface area contributed by atoms with Gasteiger partial charge in [-0.15, -0.1) is 0 Å². The Morgan fingerprint density at radius 1 is 0.943 bits per heavy atom. The number of carboxylic acids is 1. The van der Waals surface area contributed by atoms with E-state index in [1.165, 1.54) is 13.8 Å². The van der Waals surface area contributed by atoms with Gasteiger partial charge in [0.25, 0.3) is 0 Å². The Kier molecular flexibility index (Phi) is 6.67. The van der Waals surface area contributed by atoms with Crippen LogP contribution in [0.2, 0.25) is 0 Å². The number of hydrogen-bond acceptors (Lipinski definition) is 4. The predicted octanol–water partition coefficient (Wildman–Crippen LogP) is 5.67. The normalized spacial score (nSPS) is 12.0. The first-order valence-electron chi connectivity index (χ1n) is 11.4. The van der Waals surface area contributed by atoms with Gasteiger partial charge in [0.15, 0.2) is 17.7 Å². The quantitative estimate of drug-likeness (QED) is 0.336. The Morgan fingerprint density at radius 3 is 2.29 bits per heavy atom. The molecule has 0 aliphatic heterocycles. The van der Waals surface area contributed by atoms with Gasteiger partial charge in [0, 0.05) is 27.9 Å². The van der Waals surface area contributed by atoms with Gasteiger partial charge >= 0.3 is 5.97 Å². The van der Waals surface area contributed by atoms with Crippen LogP contribution in [0.3, 0.4) is 0 Å². The highest BCUT2D eigenvalue weighted by atomic mass is 16.5. The number of carbonyl (C=O) groups is 3. The summed E-state index contributed by atoms with van der Waals surface area (Å²) in [5, 5.41) is 9.86. The number of carbonyl (C=O) groups excluding carboxylic acids is 2. The molecule has 0 saturated heterocycles. The molecule has 0 saturated carbocycles. The van der Waals surface area contributed by atoms with Gasteiger partial charge in [0.1, 0.15) is 0 Å². The minimum Gasteiger partial charge on any atom is -0.479 e. The number of ether oxygens (including phenoxy) is 1. The van der Waals surface area contributed by atoms with Crippen molar-refractivity contribution in [2.75, 3.05) is 0 Å². The van der Waals surface area contributed by atoms with Crippen LogP contribution in [0.5, 0.6) is 0 Å². The first-order valence-corrected chi connectivity index (χ1v) is 11.4. The lowest BCUT2D eigenvalue weighted by Gasteiger charge is -2.13. The smallest absolute Gasteiger partial charge is 0.332 e. The standard InChI is InChI=1S/C29H27NO5/c1-17-8-10-22(11-9-17)28(32)27-18(2)30(26-15-23(19(3)31)12-13-25(26)27)24-7-5-6-21(14-24)16-35-20(4)29(33)34/h5-15,20H,16H2,1-4H3,(H,33,34)/t20-/m1/s1. The number of aromatic nitrogens is 1. The lowest BCUT2D eigenvalue weighted by Crippen LogP contribution is -2.19. The third kappa shape index (κ3) is 4.79. The number of benzene rings is 3. The van der Waals surface area contributed by atoms with Crippen molar-refractivity contribution >= 4 is 28.4 Å². The maximum absolute atomic E-state index is 13.6. The summed E-state index contributed by atoms with van der Waals surface area (Å²) in [6.45, 7) is 7.00. The van der Waals surface area contributed by atoms with Gasteiger partial charge in [0.2, 0.25) is 0 Å². The Labute approximate surface area is 203 Å². The second-order valence-corrected chi connectivity index (χ2v) is 8.74. The van der Waals surface area contributed by atoms with E-state index in [4.69, 9.17) is 9.84 Å². The van der Waals surface area contributed by atoms with Crippen molar-refractivity contribution in [2.24, 2.45) is 0 Å². The molecule has 4 aromatic rings. The molecule has 6 heteroatoms. The molecule has 178 valence electrons. The molecular weight excluding hydrogens is 442 g/mol. The molecule has 6 nitrogen and oxygen atoms in total. The van der Waals surface area contributed by atoms with Crippen molar-refractivity contribution in [2.45, 2.75) is 40.4 Å². The van der Waals surface area contributed by atoms with Gasteiger partial charge in [-0.2, -0.15) is 0 Å². The van der Waals surface area contributed by atoms with Gasteiger partial charge in [-0.25, -0.2) is 4.79 Å². The summed E-state index contributed by atoms with van der Waals surface area (Å²) >= 11 is 0. The van der Waals surface area contributed by atoms with E-state index < -0.39 is 12.1 Å². The summed E-state index contributed by atoms with van der Waals surface area (Å²) in [6, 6.07) is 20.4. The van der Waals surface area contributed by atoms with Crippen molar-refractivity contribution in [3.05, 3.63) is 100 Å². The molecule has 4 rings (SSSR count). The van der Waals surface area contributed by atoms with Gasteiger partial charge in [-0.1, -0.05) is 54.1 Å². The number of rotatable bonds is 8. The van der Waals surface area contributed by atoms with Crippen molar-refractivity contribution in [1.82, 2.24) is 4.57 Å². The first-order chi connectivity index (χ1) is 16.7. The van der Waals surface area contributed by atoms with Gasteiger partial charge in [0.05, 0.1) is 17.7 Å². The summed E-state index contributed by atoms with van der Waals surface area (Å²) in [5.41, 5.74) is 5.90. The molecule has 0 unspecified atom stereocenters. The van der Waals surface area contributed by atoms with Crippen LogP contribution in [-0.2, 0) is 16.1 Å². The zero-order valence-corrected chi connectivity index (χ0v) is 20.2. The molecule has 1 N–H and O–H groups in total. The second-order valence-electron chi connectivity index (χ2n) is 8.74. The molecule has 35 heavy (non-hydrogen) atoms. The monoisotopic (exact) mass is 469 g/mol. The van der Waals surface area contributed by atoms with Crippen molar-refractivity contribution in [3.63, 3.8) is 0 Å². The number of nitrogens with zero attached hydrogens (tertiary/aromatic N) is 1. The second kappa shape index (κ2) is 9.68. The van der Waals surface area contributed by atoms with Gasteiger partial charge in [-0.05, 0) is 51.5 Å². The summed E-state index contributed by atoms with van der Waals surface area (Å²) in [5.74, 6) is -1.17. The maximum Gasteiger partial charge on any atom is 0.332 e. The predicted molar refractivity (Wildman–Crippen MR) is 135 cm³/mol. The fraction of sp³-hybridized carbons (Fsp3) is 0.207. The molecule has 0 fully saturated rings. The summed E-state index contributed by atoms with van der Waals surface area (Å²) < 4.78 is 7.42. The molecule has 1 atom stereocenters. The van der Waals surface area contributed by atoms with E-state index in [1.807, 2.05) is 79.1 Å². The number of Topliss-reactive ketones (excluding diaryl/α,β-unsaturated/α-hetero) is 1. The molecule has 0 spiro atoms. The van der Waals surface area contributed by atoms with E-state index in [9.17, 15) is 14.4 Å². The van der Waals surface area contributed by atoms with Crippen LogP contribution in [0.1, 0.15) is 56.9 Å². The van der Waals surface area contributed by atoms with E-state index in [2.05, 4.69) is 0 Å². The number of hydrogen-bond donors (Lipinski definition) is 1. The highest BCUT2D eigenvalue weighted by molar-refractivity contribution is 6.18. The highest BCUT2D eigenvalue weighted by Gasteiger charge is 2.23. The minimum atomic E-state index is -1.02. The minimum absolute atomic E-state index is 0.0616. The average molecular weight is 470 g/mol. The van der Waals surface area contributed by atoms with Gasteiger partial charge < -0.3 is 14.4 Å². The van der Waals surface area contributed by atoms with Crippen molar-refractivity contribution in [1.29, 1.82) is 0 Å². The van der Waals surface area contributed by atoms with E-state index in [0.29, 0.717) is 16.7 Å². The van der Waals surface area contributed by atoms with E-state index in [-0.39, 0.29) is 18.2 Å². The molecule has 0 radical (unpaired) electrons. The van der Waals surface area contributed by atoms with Crippen LogP contribution >= 0.6 is 0 Å². The van der Waals surface area contributed by atoms with Crippen LogP contribution in [0.25, 0.3) is 16.6 Å². The number of ketones is 2. The summed E-state index contributed by atoms with van der Waals surface area (Å²) in [7, 11) is 0. The van der Waals surface area contributed by atoms with Crippen molar-refractivity contribution < 1.29 is 24.2 Å². The van der Waals surface area contributed by atoms with Crippen LogP contribution in [0.4, 0.5) is 0 Å². The number of aliphatic carboxylic acids is 1. The zero-order valence-electron chi connectivity index (χ0n) is 20.2. The molecule has 0 bridgehead atoms. The third-order valence-electron chi connectivity index (χ3n) is 6.17. The lowest BCUT2D eigenvalue weighted by atomic mass is 9.99. The topological polar surface area (TPSA) is 85.6 Å². The average Bonchev–Trinajstić information content (AvgIpc) is 3.13. The zero-order chi connectivity index (χ0) is 25.3. The molecular formula is C29H27NO5. The van der Waals surface area contributed by atoms with Gasteiger partial charge in [-0.3, -0.25) is 9.59 Å². The molecule has 1 heterocycles. The number of aryl methyl sites for hydroxylation is 1. The number of fused-ring (bicyclic) bond motifs is 1. The molecule has 0 aliphatic rings. The van der Waals surface area contributed by atoms with E-state index in [0.717, 1.165) is 33.4 Å². The van der Waals surface area contributed by atoms with Crippen LogP contribution in [0, 0.1) is 13.8 Å². The molecule has 3 aromatic carbocycles. The SMILES string of the molecule is CC(=O)c1ccc2c(C(=O)c3ccc(C)cc3)c(C)n(-c3cccc(CO[C@H](C)C(=O)O)c3)c2c1. The molecule has 1 aromatic heterocycles. The van der Waals surface area contributed by atoms with E-state index in [1.54, 1.807) is 6.07 Å². The Bertz CT molecular complexity index is 1450. The maximum atomic E-state index is 13.6. The lowest BCUT2D eigenvalue weighted by molar-refractivity contribution is -0.149. The van der Waals surface area contributed by atoms with Crippen LogP contribution in [0.15, 0.2) is 66.7 Å². The number of carboxylic acid groups (broad SMARTS) is 1. The summed E-state index contributed by atoms with van der Waals surface area (Å²) in [4.78, 5) is 36.8. The third-order valence-corrected chi connectivity index (χ3v) is 6.17. The van der Waals surface area contributed by atoms with Crippen molar-refractivity contribution in [3.8, 4) is 5.69 Å². The fourth-order valence-corrected chi connectivity index (χ4v) is 4.18. The van der Waals surface area contributed by atoms with E-state index >= 15 is 0 Å². The first kappa shape index (κ1) is 24.1. The van der Waals surface area contributed by atoms with Crippen LogP contribution in [-0.4, -0.2) is 33.3 Å². The largest absolute Gasteiger partial charge is 0.479 e. The highest BCUT2D eigenvalue weighted by Crippen LogP contribution is 2.32.